The van der Waals surface area contributed by atoms with E-state index in [0.717, 1.165) is 0 Å². The highest BCUT2D eigenvalue weighted by Crippen LogP contribution is 2.21. The van der Waals surface area contributed by atoms with Crippen LogP contribution in [0.1, 0.15) is 5.69 Å². The number of methoxy groups -OCH3 is 1. The molecule has 0 unspecified atom stereocenters. The molecule has 22 heavy (non-hydrogen) atoms. The third-order valence-electron chi connectivity index (χ3n) is 2.74. The summed E-state index contributed by atoms with van der Waals surface area (Å²) in [6.07, 6.45) is 1.64. The molecule has 0 saturated carbocycles. The average Bonchev–Trinajstić information content (AvgIpc) is 2.53. The van der Waals surface area contributed by atoms with Crippen LogP contribution in [-0.4, -0.2) is 31.2 Å². The number of hydrogen-bond acceptors (Lipinski definition) is 6. The van der Waals surface area contributed by atoms with E-state index in [1.165, 1.54) is 7.11 Å². The van der Waals surface area contributed by atoms with Crippen molar-refractivity contribution in [1.82, 2.24) is 14.7 Å². The third kappa shape index (κ3) is 4.25. The minimum atomic E-state index is -3.63. The molecule has 0 aliphatic rings. The quantitative estimate of drug-likeness (QED) is 0.855. The fourth-order valence-corrected chi connectivity index (χ4v) is 2.37. The minimum Gasteiger partial charge on any atom is -0.497 e. The van der Waals surface area contributed by atoms with Crippen molar-refractivity contribution in [1.29, 1.82) is 5.26 Å². The van der Waals surface area contributed by atoms with E-state index in [1.54, 1.807) is 36.5 Å². The predicted octanol–water partition coefficient (Wildman–Crippen LogP) is 1.10. The van der Waals surface area contributed by atoms with Gasteiger partial charge in [0.15, 0.2) is 5.75 Å². The van der Waals surface area contributed by atoms with E-state index < -0.39 is 15.8 Å². The molecule has 0 bridgehead atoms. The number of nitriles is 1. The Kier molecular flexibility index (Phi) is 5.04. The summed E-state index contributed by atoms with van der Waals surface area (Å²) in [5.41, 5.74) is 1.71. The van der Waals surface area contributed by atoms with E-state index in [9.17, 15) is 8.42 Å². The Balaban J connectivity index is 2.27. The summed E-state index contributed by atoms with van der Waals surface area (Å²) in [4.78, 5) is 8.57. The molecule has 0 aromatic carbocycles. The van der Waals surface area contributed by atoms with Crippen LogP contribution in [0.25, 0.3) is 11.4 Å². The van der Waals surface area contributed by atoms with E-state index in [2.05, 4.69) is 14.7 Å². The zero-order chi connectivity index (χ0) is 16.0. The highest BCUT2D eigenvalue weighted by atomic mass is 32.2. The van der Waals surface area contributed by atoms with Gasteiger partial charge in [0, 0.05) is 18.3 Å². The van der Waals surface area contributed by atoms with Crippen LogP contribution in [0.5, 0.6) is 5.75 Å². The normalized spacial score (nSPS) is 10.9. The molecule has 0 amide bonds. The van der Waals surface area contributed by atoms with Crippen LogP contribution in [0.4, 0.5) is 0 Å². The molecule has 8 heteroatoms. The van der Waals surface area contributed by atoms with Crippen LogP contribution < -0.4 is 9.46 Å². The summed E-state index contributed by atoms with van der Waals surface area (Å²) >= 11 is 0. The smallest absolute Gasteiger partial charge is 0.225 e. The van der Waals surface area contributed by atoms with Gasteiger partial charge in [-0.05, 0) is 12.1 Å². The van der Waals surface area contributed by atoms with Gasteiger partial charge in [0.1, 0.15) is 5.75 Å². The minimum absolute atomic E-state index is 0.0267. The van der Waals surface area contributed by atoms with Gasteiger partial charge >= 0.3 is 0 Å². The Hall–Kier alpha value is -2.50. The molecule has 0 aliphatic carbocycles. The first-order chi connectivity index (χ1) is 10.5. The van der Waals surface area contributed by atoms with Gasteiger partial charge in [-0.25, -0.2) is 18.1 Å². The van der Waals surface area contributed by atoms with Gasteiger partial charge in [-0.2, -0.15) is 5.26 Å². The molecule has 2 rings (SSSR count). The maximum Gasteiger partial charge on any atom is 0.225 e. The molecule has 2 aromatic heterocycles. The number of hydrogen-bond donors (Lipinski definition) is 1. The van der Waals surface area contributed by atoms with Crippen molar-refractivity contribution in [3.63, 3.8) is 0 Å². The molecular weight excluding hydrogens is 304 g/mol. The van der Waals surface area contributed by atoms with Gasteiger partial charge in [-0.1, -0.05) is 6.07 Å². The van der Waals surface area contributed by atoms with Crippen LogP contribution in [-0.2, 0) is 16.6 Å². The van der Waals surface area contributed by atoms with Gasteiger partial charge in [-0.3, -0.25) is 4.98 Å². The Morgan fingerprint density at radius 3 is 2.77 bits per heavy atom. The summed E-state index contributed by atoms with van der Waals surface area (Å²) in [6.45, 7) is -0.0267. The second-order valence-electron chi connectivity index (χ2n) is 4.34. The number of pyridine rings is 2. The van der Waals surface area contributed by atoms with Gasteiger partial charge in [0.05, 0.1) is 36.8 Å². The Morgan fingerprint density at radius 1 is 1.32 bits per heavy atom. The number of nitrogens with one attached hydrogen (secondary N) is 1. The molecule has 114 valence electrons. The maximum atomic E-state index is 11.5. The Labute approximate surface area is 128 Å². The fraction of sp³-hybridized carbons (Fsp3) is 0.214. The van der Waals surface area contributed by atoms with Crippen molar-refractivity contribution in [2.24, 2.45) is 0 Å². The van der Waals surface area contributed by atoms with Crippen molar-refractivity contribution < 1.29 is 13.2 Å². The lowest BCUT2D eigenvalue weighted by Gasteiger charge is -2.08. The monoisotopic (exact) mass is 318 g/mol. The second kappa shape index (κ2) is 6.98. The van der Waals surface area contributed by atoms with E-state index >= 15 is 0 Å². The van der Waals surface area contributed by atoms with Crippen molar-refractivity contribution in [2.45, 2.75) is 6.54 Å². The number of sulfonamides is 1. The molecule has 0 atom stereocenters. The van der Waals surface area contributed by atoms with Crippen LogP contribution in [0, 0.1) is 11.3 Å². The van der Waals surface area contributed by atoms with E-state index in [0.29, 0.717) is 22.8 Å². The summed E-state index contributed by atoms with van der Waals surface area (Å²) in [7, 11) is -2.12. The topological polar surface area (TPSA) is 105 Å². The molecule has 7 nitrogen and oxygen atoms in total. The number of nitrogens with zero attached hydrogens (tertiary/aromatic N) is 3. The molecule has 0 radical (unpaired) electrons. The lowest BCUT2D eigenvalue weighted by Crippen LogP contribution is -2.25. The van der Waals surface area contributed by atoms with Gasteiger partial charge in [0.25, 0.3) is 0 Å². The molecule has 2 heterocycles. The summed E-state index contributed by atoms with van der Waals surface area (Å²) in [5, 5.41) is 8.46. The zero-order valence-electron chi connectivity index (χ0n) is 11.9. The summed E-state index contributed by atoms with van der Waals surface area (Å²) in [6, 6.07) is 10.4. The molecule has 0 fully saturated rings. The highest BCUT2D eigenvalue weighted by molar-refractivity contribution is 7.89. The SMILES string of the molecule is COc1cc(CNS(=O)(=O)CC#N)nc(-c2ccccn2)c1. The lowest BCUT2D eigenvalue weighted by atomic mass is 10.2. The van der Waals surface area contributed by atoms with E-state index in [1.807, 2.05) is 6.07 Å². The lowest BCUT2D eigenvalue weighted by molar-refractivity contribution is 0.413. The summed E-state index contributed by atoms with van der Waals surface area (Å²) < 4.78 is 30.5. The number of ether oxygens (including phenoxy) is 1. The molecular formula is C14H14N4O3S. The molecule has 0 spiro atoms. The largest absolute Gasteiger partial charge is 0.497 e. The second-order valence-corrected chi connectivity index (χ2v) is 6.14. The third-order valence-corrected chi connectivity index (χ3v) is 3.84. The molecule has 0 saturated heterocycles. The van der Waals surface area contributed by atoms with Crippen LogP contribution in [0.2, 0.25) is 0 Å². The first kappa shape index (κ1) is 15.9. The maximum absolute atomic E-state index is 11.5. The van der Waals surface area contributed by atoms with E-state index in [4.69, 9.17) is 10.00 Å². The van der Waals surface area contributed by atoms with Crippen molar-refractivity contribution in [2.75, 3.05) is 12.9 Å². The number of rotatable bonds is 6. The summed E-state index contributed by atoms with van der Waals surface area (Å²) in [5.74, 6) is -0.0468. The van der Waals surface area contributed by atoms with Crippen molar-refractivity contribution >= 4 is 10.0 Å². The number of aromatic nitrogens is 2. The highest BCUT2D eigenvalue weighted by Gasteiger charge is 2.11. The Bertz CT molecular complexity index is 785. The fourth-order valence-electron chi connectivity index (χ4n) is 1.73. The first-order valence-electron chi connectivity index (χ1n) is 6.35. The molecule has 2 aromatic rings. The van der Waals surface area contributed by atoms with Crippen LogP contribution in [0.3, 0.4) is 0 Å². The standard InChI is InChI=1S/C14H14N4O3S/c1-21-12-8-11(10-17-22(19,20)7-5-15)18-14(9-12)13-4-2-3-6-16-13/h2-4,6,8-9,17H,7,10H2,1H3. The first-order valence-corrected chi connectivity index (χ1v) is 8.00. The van der Waals surface area contributed by atoms with Gasteiger partial charge in [-0.15, -0.1) is 0 Å². The van der Waals surface area contributed by atoms with Crippen LogP contribution in [0.15, 0.2) is 36.5 Å². The van der Waals surface area contributed by atoms with Crippen LogP contribution >= 0.6 is 0 Å². The molecule has 1 N–H and O–H groups in total. The van der Waals surface area contributed by atoms with Gasteiger partial charge < -0.3 is 4.74 Å². The Morgan fingerprint density at radius 2 is 2.14 bits per heavy atom. The predicted molar refractivity (Wildman–Crippen MR) is 80.3 cm³/mol. The zero-order valence-corrected chi connectivity index (χ0v) is 12.7. The molecule has 0 aliphatic heterocycles. The average molecular weight is 318 g/mol. The van der Waals surface area contributed by atoms with Crippen molar-refractivity contribution in [3.8, 4) is 23.2 Å². The van der Waals surface area contributed by atoms with E-state index in [-0.39, 0.29) is 6.54 Å². The van der Waals surface area contributed by atoms with Gasteiger partial charge in [0.2, 0.25) is 10.0 Å². The van der Waals surface area contributed by atoms with Crippen molar-refractivity contribution in [3.05, 3.63) is 42.2 Å².